The van der Waals surface area contributed by atoms with Crippen LogP contribution in [0.5, 0.6) is 0 Å². The van der Waals surface area contributed by atoms with Crippen molar-refractivity contribution in [3.63, 3.8) is 0 Å². The number of rotatable bonds is 5. The molecule has 170 valence electrons. The van der Waals surface area contributed by atoms with E-state index in [2.05, 4.69) is 0 Å². The molecule has 0 spiro atoms. The van der Waals surface area contributed by atoms with E-state index < -0.39 is 51.1 Å². The van der Waals surface area contributed by atoms with E-state index >= 15 is 0 Å². The zero-order valence-electron chi connectivity index (χ0n) is 16.4. The van der Waals surface area contributed by atoms with Crippen LogP contribution in [0.2, 0.25) is 0 Å². The van der Waals surface area contributed by atoms with Gasteiger partial charge in [-0.25, -0.2) is 8.42 Å². The molecule has 2 saturated heterocycles. The highest BCUT2D eigenvalue weighted by atomic mass is 32.2. The van der Waals surface area contributed by atoms with Crippen molar-refractivity contribution in [2.24, 2.45) is 5.92 Å². The maximum absolute atomic E-state index is 12.9. The predicted octanol–water partition coefficient (Wildman–Crippen LogP) is 1.80. The molecule has 1 aromatic carbocycles. The molecule has 0 atom stereocenters. The Balaban J connectivity index is 1.55. The van der Waals surface area contributed by atoms with Gasteiger partial charge in [0.05, 0.1) is 16.4 Å². The number of imide groups is 1. The molecule has 2 fully saturated rings. The number of alkyl halides is 3. The molecular weight excluding hydrogens is 441 g/mol. The summed E-state index contributed by atoms with van der Waals surface area (Å²) in [5.41, 5.74) is -1.06. The van der Waals surface area contributed by atoms with Crippen molar-refractivity contribution >= 4 is 27.8 Å². The molecule has 0 unspecified atom stereocenters. The standard InChI is InChI=1S/C19H21F3N2O6S/c20-19(21,22)14-3-1-4-15(11-14)31(28,29)23-9-6-13(7-10-23)18(27)30-12-17(26)24-8-2-5-16(24)25/h1,3-4,11,13H,2,5-10,12H2. The van der Waals surface area contributed by atoms with Gasteiger partial charge in [0.25, 0.3) is 5.91 Å². The van der Waals surface area contributed by atoms with Crippen LogP contribution < -0.4 is 0 Å². The Morgan fingerprint density at radius 3 is 2.39 bits per heavy atom. The van der Waals surface area contributed by atoms with E-state index in [1.165, 1.54) is 0 Å². The van der Waals surface area contributed by atoms with E-state index in [4.69, 9.17) is 4.74 Å². The number of nitrogens with zero attached hydrogens (tertiary/aromatic N) is 2. The van der Waals surface area contributed by atoms with Crippen LogP contribution in [-0.4, -0.2) is 61.6 Å². The van der Waals surface area contributed by atoms with E-state index in [1.807, 2.05) is 0 Å². The van der Waals surface area contributed by atoms with Gasteiger partial charge in [-0.2, -0.15) is 17.5 Å². The van der Waals surface area contributed by atoms with E-state index in [0.717, 1.165) is 27.4 Å². The molecule has 0 saturated carbocycles. The number of piperidine rings is 1. The third kappa shape index (κ3) is 5.24. The van der Waals surface area contributed by atoms with Gasteiger partial charge < -0.3 is 4.74 Å². The summed E-state index contributed by atoms with van der Waals surface area (Å²) in [6.07, 6.45) is -3.61. The van der Waals surface area contributed by atoms with Crippen LogP contribution in [0.15, 0.2) is 29.2 Å². The molecule has 0 bridgehead atoms. The second-order valence-electron chi connectivity index (χ2n) is 7.35. The Morgan fingerprint density at radius 1 is 1.13 bits per heavy atom. The zero-order chi connectivity index (χ0) is 22.8. The molecule has 0 aromatic heterocycles. The SMILES string of the molecule is O=C(OCC(=O)N1CCCC1=O)C1CCN(S(=O)(=O)c2cccc(C(F)(F)F)c2)CC1. The lowest BCUT2D eigenvalue weighted by atomic mass is 9.98. The molecule has 2 heterocycles. The molecule has 8 nitrogen and oxygen atoms in total. The second-order valence-corrected chi connectivity index (χ2v) is 9.29. The highest BCUT2D eigenvalue weighted by molar-refractivity contribution is 7.89. The monoisotopic (exact) mass is 462 g/mol. The van der Waals surface area contributed by atoms with Gasteiger partial charge in [-0.1, -0.05) is 6.07 Å². The van der Waals surface area contributed by atoms with E-state index in [1.54, 1.807) is 0 Å². The molecule has 0 radical (unpaired) electrons. The van der Waals surface area contributed by atoms with Crippen LogP contribution in [0.25, 0.3) is 0 Å². The van der Waals surface area contributed by atoms with Gasteiger partial charge in [0.2, 0.25) is 15.9 Å². The maximum Gasteiger partial charge on any atom is 0.416 e. The number of sulfonamides is 1. The Morgan fingerprint density at radius 2 is 1.81 bits per heavy atom. The average Bonchev–Trinajstić information content (AvgIpc) is 3.17. The summed E-state index contributed by atoms with van der Waals surface area (Å²) >= 11 is 0. The third-order valence-corrected chi connectivity index (χ3v) is 7.19. The first kappa shape index (κ1) is 23.2. The number of carbonyl (C=O) groups excluding carboxylic acids is 3. The first-order valence-corrected chi connectivity index (χ1v) is 11.1. The van der Waals surface area contributed by atoms with Gasteiger partial charge in [-0.05, 0) is 37.5 Å². The highest BCUT2D eigenvalue weighted by Gasteiger charge is 2.36. The molecule has 31 heavy (non-hydrogen) atoms. The molecule has 3 rings (SSSR count). The molecule has 2 aliphatic rings. The van der Waals surface area contributed by atoms with Gasteiger partial charge in [0.15, 0.2) is 6.61 Å². The summed E-state index contributed by atoms with van der Waals surface area (Å²) < 4.78 is 70.1. The van der Waals surface area contributed by atoms with E-state index in [0.29, 0.717) is 19.0 Å². The minimum atomic E-state index is -4.67. The number of ether oxygens (including phenoxy) is 1. The number of benzene rings is 1. The fourth-order valence-electron chi connectivity index (χ4n) is 3.55. The van der Waals surface area contributed by atoms with E-state index in [-0.39, 0.29) is 38.3 Å². The van der Waals surface area contributed by atoms with Crippen LogP contribution in [0.4, 0.5) is 13.2 Å². The summed E-state index contributed by atoms with van der Waals surface area (Å²) in [7, 11) is -4.15. The number of halogens is 3. The van der Waals surface area contributed by atoms with Gasteiger partial charge >= 0.3 is 12.1 Å². The van der Waals surface area contributed by atoms with Crippen molar-refractivity contribution in [3.05, 3.63) is 29.8 Å². The predicted molar refractivity (Wildman–Crippen MR) is 99.8 cm³/mol. The highest BCUT2D eigenvalue weighted by Crippen LogP contribution is 2.32. The Kier molecular flexibility index (Phi) is 6.70. The number of hydrogen-bond acceptors (Lipinski definition) is 6. The lowest BCUT2D eigenvalue weighted by Gasteiger charge is -2.30. The number of hydrogen-bond donors (Lipinski definition) is 0. The summed E-state index contributed by atoms with van der Waals surface area (Å²) in [5.74, 6) is -2.22. The van der Waals surface area contributed by atoms with Crippen LogP contribution >= 0.6 is 0 Å². The number of esters is 1. The number of amides is 2. The van der Waals surface area contributed by atoms with Crippen molar-refractivity contribution < 1.29 is 40.7 Å². The topological polar surface area (TPSA) is 101 Å². The first-order chi connectivity index (χ1) is 14.5. The lowest BCUT2D eigenvalue weighted by molar-refractivity contribution is -0.158. The van der Waals surface area contributed by atoms with Crippen LogP contribution in [0.3, 0.4) is 0 Å². The zero-order valence-corrected chi connectivity index (χ0v) is 17.2. The minimum Gasteiger partial charge on any atom is -0.455 e. The van der Waals surface area contributed by atoms with Crippen molar-refractivity contribution in [1.82, 2.24) is 9.21 Å². The smallest absolute Gasteiger partial charge is 0.416 e. The summed E-state index contributed by atoms with van der Waals surface area (Å²) in [5, 5.41) is 0. The second kappa shape index (κ2) is 8.95. The average molecular weight is 462 g/mol. The van der Waals surface area contributed by atoms with Crippen molar-refractivity contribution in [3.8, 4) is 0 Å². The summed E-state index contributed by atoms with van der Waals surface area (Å²) in [6.45, 7) is -0.415. The molecule has 0 N–H and O–H groups in total. The van der Waals surface area contributed by atoms with Gasteiger partial charge in [0.1, 0.15) is 0 Å². The summed E-state index contributed by atoms with van der Waals surface area (Å²) in [6, 6.07) is 3.50. The molecule has 0 aliphatic carbocycles. The lowest BCUT2D eigenvalue weighted by Crippen LogP contribution is -2.41. The Bertz CT molecular complexity index is 971. The fourth-order valence-corrected chi connectivity index (χ4v) is 5.07. The Hall–Kier alpha value is -2.47. The van der Waals surface area contributed by atoms with Gasteiger partial charge in [-0.15, -0.1) is 0 Å². The molecule has 2 aliphatic heterocycles. The minimum absolute atomic E-state index is 0.0725. The first-order valence-electron chi connectivity index (χ1n) is 9.67. The maximum atomic E-state index is 12.9. The van der Waals surface area contributed by atoms with Crippen molar-refractivity contribution in [1.29, 1.82) is 0 Å². The van der Waals surface area contributed by atoms with Crippen LogP contribution in [0, 0.1) is 5.92 Å². The Labute approximate surface area is 177 Å². The molecular formula is C19H21F3N2O6S. The normalized spacial score (nSPS) is 18.9. The summed E-state index contributed by atoms with van der Waals surface area (Å²) in [4.78, 5) is 36.2. The van der Waals surface area contributed by atoms with Gasteiger partial charge in [0, 0.05) is 26.1 Å². The molecule has 12 heteroatoms. The number of likely N-dealkylation sites (tertiary alicyclic amines) is 1. The van der Waals surface area contributed by atoms with Gasteiger partial charge in [-0.3, -0.25) is 19.3 Å². The van der Waals surface area contributed by atoms with Crippen molar-refractivity contribution in [2.45, 2.75) is 36.8 Å². The largest absolute Gasteiger partial charge is 0.455 e. The number of carbonyl (C=O) groups is 3. The van der Waals surface area contributed by atoms with E-state index in [9.17, 15) is 36.0 Å². The third-order valence-electron chi connectivity index (χ3n) is 5.30. The van der Waals surface area contributed by atoms with Crippen molar-refractivity contribution in [2.75, 3.05) is 26.2 Å². The molecule has 2 amide bonds. The molecule has 1 aromatic rings. The quantitative estimate of drug-likeness (QED) is 0.619. The fraction of sp³-hybridized carbons (Fsp3) is 0.526. The van der Waals surface area contributed by atoms with Crippen LogP contribution in [0.1, 0.15) is 31.2 Å². The van der Waals surface area contributed by atoms with Crippen LogP contribution in [-0.2, 0) is 35.3 Å².